The Balaban J connectivity index is 0.000000205. The molecule has 9 heteroatoms. The molecule has 2 aromatic heterocycles. The highest BCUT2D eigenvalue weighted by Gasteiger charge is 2.35. The summed E-state index contributed by atoms with van der Waals surface area (Å²) in [5.74, 6) is 2.02. The minimum atomic E-state index is -4.02. The highest BCUT2D eigenvalue weighted by atomic mass is 32.2. The molecule has 3 aliphatic rings. The summed E-state index contributed by atoms with van der Waals surface area (Å²) >= 11 is 0. The summed E-state index contributed by atoms with van der Waals surface area (Å²) in [6, 6.07) is 19.5. The second-order valence-electron chi connectivity index (χ2n) is 9.32. The van der Waals surface area contributed by atoms with Crippen LogP contribution in [0.4, 0.5) is 0 Å². The fraction of sp³-hybridized carbons (Fsp3) is 0.296. The van der Waals surface area contributed by atoms with Gasteiger partial charge in [0.25, 0.3) is 16.0 Å². The van der Waals surface area contributed by atoms with E-state index < -0.39 is 10.1 Å². The Labute approximate surface area is 209 Å². The van der Waals surface area contributed by atoms with E-state index in [1.165, 1.54) is 25.0 Å². The fourth-order valence-electron chi connectivity index (χ4n) is 4.77. The van der Waals surface area contributed by atoms with E-state index in [-0.39, 0.29) is 16.8 Å². The zero-order chi connectivity index (χ0) is 25.3. The molecule has 4 aromatic rings. The lowest BCUT2D eigenvalue weighted by atomic mass is 9.84. The Kier molecular flexibility index (Phi) is 6.70. The van der Waals surface area contributed by atoms with Crippen LogP contribution in [0.5, 0.6) is 0 Å². The number of fused-ring (bicyclic) bond motifs is 4. The number of piperidine rings is 3. The summed E-state index contributed by atoms with van der Waals surface area (Å²) in [4.78, 5) is 14.9. The summed E-state index contributed by atoms with van der Waals surface area (Å²) in [5, 5.41) is 4.17. The Bertz CT molecular complexity index is 1430. The predicted molar refractivity (Wildman–Crippen MR) is 135 cm³/mol. The number of amides is 1. The molecule has 0 aliphatic carbocycles. The number of carbonyl (C=O) groups is 1. The smallest absolute Gasteiger partial charge is 0.294 e. The summed E-state index contributed by atoms with van der Waals surface area (Å²) in [6.07, 6.45) is 2.35. The van der Waals surface area contributed by atoms with Crippen LogP contribution in [-0.4, -0.2) is 49.5 Å². The van der Waals surface area contributed by atoms with Gasteiger partial charge in [0.15, 0.2) is 17.3 Å². The number of carbonyl (C=O) groups excluding carboxylic acids is 1. The van der Waals surface area contributed by atoms with Crippen LogP contribution in [0.25, 0.3) is 22.5 Å². The molecule has 2 bridgehead atoms. The first-order valence-corrected chi connectivity index (χ1v) is 13.4. The van der Waals surface area contributed by atoms with Crippen molar-refractivity contribution in [3.8, 4) is 11.5 Å². The van der Waals surface area contributed by atoms with Crippen molar-refractivity contribution in [3.63, 3.8) is 0 Å². The minimum absolute atomic E-state index is 0.0666. The minimum Gasteiger partial charge on any atom is -0.453 e. The molecule has 8 nitrogen and oxygen atoms in total. The normalized spacial score (nSPS) is 21.1. The molecule has 2 aromatic carbocycles. The maximum absolute atomic E-state index is 12.6. The zero-order valence-corrected chi connectivity index (χ0v) is 20.7. The van der Waals surface area contributed by atoms with Crippen molar-refractivity contribution in [1.29, 1.82) is 0 Å². The zero-order valence-electron chi connectivity index (χ0n) is 19.9. The lowest BCUT2D eigenvalue weighted by Crippen LogP contribution is -2.57. The lowest BCUT2D eigenvalue weighted by molar-refractivity contribution is 0.0606. The Hall–Kier alpha value is -3.40. The van der Waals surface area contributed by atoms with Gasteiger partial charge in [-0.2, -0.15) is 8.42 Å². The molecule has 2 N–H and O–H groups in total. The topological polar surface area (TPSA) is 113 Å². The summed E-state index contributed by atoms with van der Waals surface area (Å²) in [7, 11) is -4.02. The number of furan rings is 2. The molecule has 3 saturated heterocycles. The van der Waals surface area contributed by atoms with Crippen molar-refractivity contribution >= 4 is 27.0 Å². The van der Waals surface area contributed by atoms with E-state index >= 15 is 0 Å². The molecule has 7 rings (SSSR count). The molecule has 188 valence electrons. The van der Waals surface area contributed by atoms with Crippen LogP contribution in [0, 0.1) is 12.8 Å². The van der Waals surface area contributed by atoms with Crippen molar-refractivity contribution in [1.82, 2.24) is 10.2 Å². The highest BCUT2D eigenvalue weighted by Crippen LogP contribution is 2.30. The van der Waals surface area contributed by atoms with Crippen molar-refractivity contribution < 1.29 is 26.6 Å². The van der Waals surface area contributed by atoms with E-state index in [1.807, 2.05) is 37.3 Å². The average Bonchev–Trinajstić information content (AvgIpc) is 3.52. The summed E-state index contributed by atoms with van der Waals surface area (Å²) in [5.41, 5.74) is 1.77. The van der Waals surface area contributed by atoms with Gasteiger partial charge in [-0.1, -0.05) is 35.9 Å². The van der Waals surface area contributed by atoms with E-state index in [1.54, 1.807) is 24.3 Å². The molecular weight excluding hydrogens is 480 g/mol. The molecule has 3 fully saturated rings. The Morgan fingerprint density at radius 1 is 0.972 bits per heavy atom. The van der Waals surface area contributed by atoms with Crippen LogP contribution in [0.3, 0.4) is 0 Å². The van der Waals surface area contributed by atoms with Gasteiger partial charge in [0.2, 0.25) is 0 Å². The Morgan fingerprint density at radius 3 is 2.33 bits per heavy atom. The average molecular weight is 509 g/mol. The second kappa shape index (κ2) is 9.93. The van der Waals surface area contributed by atoms with E-state index in [4.69, 9.17) is 13.4 Å². The number of nitrogens with zero attached hydrogens (tertiary/aromatic N) is 1. The summed E-state index contributed by atoms with van der Waals surface area (Å²) in [6.45, 7) is 5.11. The van der Waals surface area contributed by atoms with Crippen LogP contribution in [0.15, 0.2) is 80.5 Å². The fourth-order valence-corrected chi connectivity index (χ4v) is 5.25. The van der Waals surface area contributed by atoms with Gasteiger partial charge in [-0.05, 0) is 75.2 Å². The van der Waals surface area contributed by atoms with E-state index in [2.05, 4.69) is 10.2 Å². The number of aryl methyl sites for hydroxylation is 1. The standard InChI is InChI=1S/C20H20N2O3.C7H8O3S/c23-20(21-15-12-22-9-7-13(15)8-10-22)18-6-5-17(25-18)19-11-14-3-1-2-4-16(14)24-19;1-6-2-4-7(5-3-6)11(8,9)10/h1-6,11,13,15H,7-10,12H2,(H,21,23);2-5H,1H3,(H,8,9,10)/t15-;/m0./s1. The van der Waals surface area contributed by atoms with Crippen molar-refractivity contribution in [2.75, 3.05) is 19.6 Å². The number of rotatable bonds is 4. The van der Waals surface area contributed by atoms with E-state index in [0.29, 0.717) is 23.2 Å². The highest BCUT2D eigenvalue weighted by molar-refractivity contribution is 7.85. The molecule has 1 atom stereocenters. The molecule has 0 spiro atoms. The molecule has 3 aliphatic heterocycles. The third-order valence-corrected chi connectivity index (χ3v) is 7.66. The van der Waals surface area contributed by atoms with Crippen LogP contribution in [0.1, 0.15) is 29.0 Å². The van der Waals surface area contributed by atoms with E-state index in [9.17, 15) is 13.2 Å². The first kappa shape index (κ1) is 24.3. The second-order valence-corrected chi connectivity index (χ2v) is 10.7. The van der Waals surface area contributed by atoms with Gasteiger partial charge in [0.05, 0.1) is 4.90 Å². The first-order valence-electron chi connectivity index (χ1n) is 11.9. The van der Waals surface area contributed by atoms with Crippen molar-refractivity contribution in [2.24, 2.45) is 5.92 Å². The number of nitrogens with one attached hydrogen (secondary N) is 1. The first-order chi connectivity index (χ1) is 17.3. The SMILES string of the molecule is Cc1ccc(S(=O)(=O)O)cc1.O=C(N[C@H]1CN2CCC1CC2)c1ccc(-c2cc3ccccc3o2)o1. The third-order valence-electron chi connectivity index (χ3n) is 6.79. The lowest BCUT2D eigenvalue weighted by Gasteiger charge is -2.44. The summed E-state index contributed by atoms with van der Waals surface area (Å²) < 4.78 is 41.1. The molecule has 0 saturated carbocycles. The van der Waals surface area contributed by atoms with Gasteiger partial charge in [-0.15, -0.1) is 0 Å². The third kappa shape index (κ3) is 5.38. The van der Waals surface area contributed by atoms with Gasteiger partial charge in [-0.3, -0.25) is 9.35 Å². The van der Waals surface area contributed by atoms with Gasteiger partial charge in [0, 0.05) is 18.0 Å². The molecule has 36 heavy (non-hydrogen) atoms. The predicted octanol–water partition coefficient (Wildman–Crippen LogP) is 4.76. The van der Waals surface area contributed by atoms with E-state index in [0.717, 1.165) is 36.2 Å². The molecule has 1 amide bonds. The maximum atomic E-state index is 12.6. The largest absolute Gasteiger partial charge is 0.453 e. The van der Waals surface area contributed by atoms with Gasteiger partial charge in [-0.25, -0.2) is 0 Å². The van der Waals surface area contributed by atoms with Crippen molar-refractivity contribution in [3.05, 3.63) is 78.1 Å². The number of hydrogen-bond donors (Lipinski definition) is 2. The van der Waals surface area contributed by atoms with Crippen LogP contribution in [0.2, 0.25) is 0 Å². The van der Waals surface area contributed by atoms with Crippen LogP contribution in [-0.2, 0) is 10.1 Å². The molecule has 0 unspecified atom stereocenters. The Morgan fingerprint density at radius 2 is 1.69 bits per heavy atom. The maximum Gasteiger partial charge on any atom is 0.294 e. The molecular formula is C27H28N2O6S. The van der Waals surface area contributed by atoms with Gasteiger partial charge in [0.1, 0.15) is 5.58 Å². The quantitative estimate of drug-likeness (QED) is 0.382. The van der Waals surface area contributed by atoms with Crippen LogP contribution < -0.4 is 5.32 Å². The number of benzene rings is 2. The molecule has 0 radical (unpaired) electrons. The molecule has 5 heterocycles. The monoisotopic (exact) mass is 508 g/mol. The van der Waals surface area contributed by atoms with Crippen molar-refractivity contribution in [2.45, 2.75) is 30.7 Å². The van der Waals surface area contributed by atoms with Gasteiger partial charge >= 0.3 is 0 Å². The van der Waals surface area contributed by atoms with Gasteiger partial charge < -0.3 is 19.1 Å². The number of hydrogen-bond acceptors (Lipinski definition) is 6. The van der Waals surface area contributed by atoms with Crippen LogP contribution >= 0.6 is 0 Å². The number of para-hydroxylation sites is 1.